The Balaban J connectivity index is 2.08. The van der Waals surface area contributed by atoms with E-state index in [1.807, 2.05) is 51.1 Å². The number of hydrogen-bond donors (Lipinski definition) is 1. The molecule has 29 heavy (non-hydrogen) atoms. The fourth-order valence-electron chi connectivity index (χ4n) is 3.36. The first-order valence-corrected chi connectivity index (χ1v) is 9.34. The predicted octanol–water partition coefficient (Wildman–Crippen LogP) is 5.12. The van der Waals surface area contributed by atoms with Crippen LogP contribution in [0.2, 0.25) is 0 Å². The molecule has 1 amide bonds. The monoisotopic (exact) mass is 391 g/mol. The van der Waals surface area contributed by atoms with Crippen molar-refractivity contribution in [3.8, 4) is 17.1 Å². The number of fused-ring (bicyclic) bond motifs is 2. The van der Waals surface area contributed by atoms with E-state index < -0.39 is 5.63 Å². The van der Waals surface area contributed by atoms with Crippen molar-refractivity contribution in [3.05, 3.63) is 58.4 Å². The van der Waals surface area contributed by atoms with Crippen molar-refractivity contribution < 1.29 is 18.4 Å². The van der Waals surface area contributed by atoms with Crippen molar-refractivity contribution in [2.75, 3.05) is 12.4 Å². The van der Waals surface area contributed by atoms with Gasteiger partial charge in [0.2, 0.25) is 5.91 Å². The summed E-state index contributed by atoms with van der Waals surface area (Å²) in [5.74, 6) is 0.583. The normalized spacial score (nSPS) is 11.3. The van der Waals surface area contributed by atoms with Gasteiger partial charge < -0.3 is 18.9 Å². The summed E-state index contributed by atoms with van der Waals surface area (Å²) < 4.78 is 17.1. The van der Waals surface area contributed by atoms with Gasteiger partial charge in [0, 0.05) is 22.9 Å². The zero-order valence-electron chi connectivity index (χ0n) is 16.7. The topological polar surface area (TPSA) is 81.7 Å². The number of nitrogens with one attached hydrogen (secondary N) is 1. The van der Waals surface area contributed by atoms with Gasteiger partial charge in [-0.3, -0.25) is 4.79 Å². The zero-order valence-corrected chi connectivity index (χ0v) is 16.7. The lowest BCUT2D eigenvalue weighted by Gasteiger charge is -2.12. The van der Waals surface area contributed by atoms with Gasteiger partial charge in [0.1, 0.15) is 16.9 Å². The molecule has 0 aliphatic rings. The van der Waals surface area contributed by atoms with Crippen LogP contribution >= 0.6 is 0 Å². The molecule has 0 atom stereocenters. The Morgan fingerprint density at radius 3 is 2.55 bits per heavy atom. The maximum atomic E-state index is 12.5. The molecule has 2 aromatic heterocycles. The number of carbonyl (C=O) groups is 1. The summed E-state index contributed by atoms with van der Waals surface area (Å²) in [6.07, 6.45) is 0. The number of para-hydroxylation sites is 1. The van der Waals surface area contributed by atoms with E-state index in [9.17, 15) is 9.59 Å². The standard InChI is InChI=1S/C23H21NO5/c1-12(2)23(26)24-21-14-7-5-6-8-16(14)29-22(21)15-11-19(25)28-18-10-13(3)9-17(27-4)20(15)18/h5-12H,1-4H3,(H,24,26). The number of ether oxygens (including phenoxy) is 1. The number of hydrogen-bond acceptors (Lipinski definition) is 5. The molecule has 1 N–H and O–H groups in total. The van der Waals surface area contributed by atoms with Crippen molar-refractivity contribution in [1.82, 2.24) is 0 Å². The lowest BCUT2D eigenvalue weighted by Crippen LogP contribution is -2.18. The molecule has 4 aromatic rings. The third kappa shape index (κ3) is 3.27. The molecule has 0 unspecified atom stereocenters. The van der Waals surface area contributed by atoms with E-state index in [4.69, 9.17) is 13.6 Å². The van der Waals surface area contributed by atoms with Gasteiger partial charge >= 0.3 is 5.63 Å². The highest BCUT2D eigenvalue weighted by Gasteiger charge is 2.23. The third-order valence-electron chi connectivity index (χ3n) is 4.79. The van der Waals surface area contributed by atoms with E-state index in [1.54, 1.807) is 13.2 Å². The van der Waals surface area contributed by atoms with Gasteiger partial charge in [0.15, 0.2) is 5.76 Å². The van der Waals surface area contributed by atoms with Crippen LogP contribution < -0.4 is 15.7 Å². The molecule has 0 spiro atoms. The van der Waals surface area contributed by atoms with Crippen LogP contribution in [0.4, 0.5) is 5.69 Å². The minimum atomic E-state index is -0.512. The molecule has 0 fully saturated rings. The van der Waals surface area contributed by atoms with E-state index in [0.29, 0.717) is 39.3 Å². The Labute approximate surface area is 167 Å². The highest BCUT2D eigenvalue weighted by atomic mass is 16.5. The molecular weight excluding hydrogens is 370 g/mol. The summed E-state index contributed by atoms with van der Waals surface area (Å²) in [4.78, 5) is 24.8. The van der Waals surface area contributed by atoms with Crippen molar-refractivity contribution in [3.63, 3.8) is 0 Å². The van der Waals surface area contributed by atoms with Crippen molar-refractivity contribution in [2.24, 2.45) is 5.92 Å². The molecule has 0 saturated heterocycles. The largest absolute Gasteiger partial charge is 0.496 e. The van der Waals surface area contributed by atoms with Gasteiger partial charge in [-0.1, -0.05) is 26.0 Å². The highest BCUT2D eigenvalue weighted by Crippen LogP contribution is 2.43. The molecule has 0 bridgehead atoms. The van der Waals surface area contributed by atoms with Crippen LogP contribution in [0, 0.1) is 12.8 Å². The van der Waals surface area contributed by atoms with Gasteiger partial charge in [0.25, 0.3) is 0 Å². The zero-order chi connectivity index (χ0) is 20.7. The van der Waals surface area contributed by atoms with Gasteiger partial charge in [-0.25, -0.2) is 4.79 Å². The second-order valence-electron chi connectivity index (χ2n) is 7.27. The average Bonchev–Trinajstić information content (AvgIpc) is 3.04. The van der Waals surface area contributed by atoms with Crippen molar-refractivity contribution in [1.29, 1.82) is 0 Å². The predicted molar refractivity (Wildman–Crippen MR) is 112 cm³/mol. The van der Waals surface area contributed by atoms with E-state index in [2.05, 4.69) is 5.32 Å². The summed E-state index contributed by atoms with van der Waals surface area (Å²) in [6, 6.07) is 12.4. The maximum absolute atomic E-state index is 12.5. The number of benzene rings is 2. The molecule has 0 aliphatic heterocycles. The van der Waals surface area contributed by atoms with E-state index in [1.165, 1.54) is 6.07 Å². The second-order valence-corrected chi connectivity index (χ2v) is 7.27. The Morgan fingerprint density at radius 2 is 1.83 bits per heavy atom. The first-order chi connectivity index (χ1) is 13.9. The van der Waals surface area contributed by atoms with Crippen LogP contribution in [0.15, 0.2) is 56.1 Å². The van der Waals surface area contributed by atoms with Gasteiger partial charge in [-0.05, 0) is 36.8 Å². The van der Waals surface area contributed by atoms with E-state index in [0.717, 1.165) is 10.9 Å². The van der Waals surface area contributed by atoms with Crippen LogP contribution in [0.25, 0.3) is 33.3 Å². The summed E-state index contributed by atoms with van der Waals surface area (Å²) in [5, 5.41) is 4.32. The lowest BCUT2D eigenvalue weighted by atomic mass is 10.0. The number of rotatable bonds is 4. The fraction of sp³-hybridized carbons (Fsp3) is 0.217. The van der Waals surface area contributed by atoms with E-state index >= 15 is 0 Å². The molecule has 4 rings (SSSR count). The smallest absolute Gasteiger partial charge is 0.336 e. The maximum Gasteiger partial charge on any atom is 0.336 e. The molecule has 2 aromatic carbocycles. The Bertz CT molecular complexity index is 1300. The highest BCUT2D eigenvalue weighted by molar-refractivity contribution is 6.10. The van der Waals surface area contributed by atoms with Gasteiger partial charge in [-0.2, -0.15) is 0 Å². The van der Waals surface area contributed by atoms with Crippen LogP contribution in [-0.4, -0.2) is 13.0 Å². The first-order valence-electron chi connectivity index (χ1n) is 9.34. The Kier molecular flexibility index (Phi) is 4.62. The van der Waals surface area contributed by atoms with Crippen LogP contribution in [0.3, 0.4) is 0 Å². The fourth-order valence-corrected chi connectivity index (χ4v) is 3.36. The second kappa shape index (κ2) is 7.13. The van der Waals surface area contributed by atoms with Crippen LogP contribution in [-0.2, 0) is 4.79 Å². The van der Waals surface area contributed by atoms with E-state index in [-0.39, 0.29) is 11.8 Å². The van der Waals surface area contributed by atoms with Gasteiger partial charge in [0.05, 0.1) is 18.2 Å². The molecule has 6 nitrogen and oxygen atoms in total. The molecule has 148 valence electrons. The van der Waals surface area contributed by atoms with Crippen LogP contribution in [0.5, 0.6) is 5.75 Å². The first kappa shape index (κ1) is 18.8. The molecule has 0 aliphatic carbocycles. The quantitative estimate of drug-likeness (QED) is 0.489. The number of methoxy groups -OCH3 is 1. The van der Waals surface area contributed by atoms with Crippen molar-refractivity contribution >= 4 is 33.5 Å². The number of furan rings is 1. The van der Waals surface area contributed by atoms with Crippen LogP contribution in [0.1, 0.15) is 19.4 Å². The average molecular weight is 391 g/mol. The van der Waals surface area contributed by atoms with Crippen molar-refractivity contribution in [2.45, 2.75) is 20.8 Å². The summed E-state index contributed by atoms with van der Waals surface area (Å²) in [7, 11) is 1.56. The Hall–Kier alpha value is -3.54. The number of carbonyl (C=O) groups excluding carboxylic acids is 1. The Morgan fingerprint density at radius 1 is 1.07 bits per heavy atom. The number of anilines is 1. The molecule has 0 radical (unpaired) electrons. The molecule has 2 heterocycles. The summed E-state index contributed by atoms with van der Waals surface area (Å²) in [5.41, 5.74) is 2.41. The minimum Gasteiger partial charge on any atom is -0.496 e. The van der Waals surface area contributed by atoms with Gasteiger partial charge in [-0.15, -0.1) is 0 Å². The minimum absolute atomic E-state index is 0.145. The molecule has 6 heteroatoms. The SMILES string of the molecule is COc1cc(C)cc2oc(=O)cc(-c3oc4ccccc4c3NC(=O)C(C)C)c12. The third-order valence-corrected chi connectivity index (χ3v) is 4.79. The lowest BCUT2D eigenvalue weighted by molar-refractivity contribution is -0.118. The molecule has 0 saturated carbocycles. The summed E-state index contributed by atoms with van der Waals surface area (Å²) >= 11 is 0. The molecular formula is C23H21NO5. The number of amides is 1. The number of aryl methyl sites for hydroxylation is 1. The summed E-state index contributed by atoms with van der Waals surface area (Å²) in [6.45, 7) is 5.52.